The van der Waals surface area contributed by atoms with Gasteiger partial charge in [0.2, 0.25) is 0 Å². The van der Waals surface area contributed by atoms with Gasteiger partial charge in [0.15, 0.2) is 0 Å². The van der Waals surface area contributed by atoms with Gasteiger partial charge in [-0.15, -0.1) is 0 Å². The number of nitro benzene ring substituents is 1. The molecule has 0 radical (unpaired) electrons. The summed E-state index contributed by atoms with van der Waals surface area (Å²) in [7, 11) is 0. The van der Waals surface area contributed by atoms with Gasteiger partial charge in [0.1, 0.15) is 11.5 Å². The Morgan fingerprint density at radius 1 is 1.22 bits per heavy atom. The number of rotatable bonds is 4. The van der Waals surface area contributed by atoms with Crippen LogP contribution in [0.4, 0.5) is 15.8 Å². The third-order valence-electron chi connectivity index (χ3n) is 4.50. The molecule has 0 aromatic heterocycles. The first-order valence-electron chi connectivity index (χ1n) is 8.34. The molecule has 1 saturated heterocycles. The summed E-state index contributed by atoms with van der Waals surface area (Å²) in [6, 6.07) is 9.24. The van der Waals surface area contributed by atoms with Crippen molar-refractivity contribution in [2.45, 2.75) is 6.54 Å². The van der Waals surface area contributed by atoms with Gasteiger partial charge in [-0.2, -0.15) is 0 Å². The number of carbonyl (C=O) groups is 1. The summed E-state index contributed by atoms with van der Waals surface area (Å²) >= 11 is 6.00. The Bertz CT molecular complexity index is 885. The molecule has 0 atom stereocenters. The minimum Gasteiger partial charge on any atom is -0.393 e. The number of nitrogens with two attached hydrogens (primary N) is 1. The van der Waals surface area contributed by atoms with E-state index in [2.05, 4.69) is 4.90 Å². The van der Waals surface area contributed by atoms with Crippen molar-refractivity contribution in [3.63, 3.8) is 0 Å². The van der Waals surface area contributed by atoms with E-state index in [1.54, 1.807) is 0 Å². The van der Waals surface area contributed by atoms with Crippen LogP contribution in [-0.4, -0.2) is 46.8 Å². The number of halogens is 2. The first kappa shape index (κ1) is 19.1. The van der Waals surface area contributed by atoms with Gasteiger partial charge in [-0.1, -0.05) is 23.7 Å². The predicted octanol–water partition coefficient (Wildman–Crippen LogP) is 2.93. The van der Waals surface area contributed by atoms with Gasteiger partial charge in [-0.3, -0.25) is 19.8 Å². The number of carbonyl (C=O) groups excluding carboxylic acids is 1. The maximum Gasteiger partial charge on any atom is 0.295 e. The second-order valence-electron chi connectivity index (χ2n) is 6.34. The van der Waals surface area contributed by atoms with Crippen molar-refractivity contribution < 1.29 is 14.1 Å². The van der Waals surface area contributed by atoms with Gasteiger partial charge in [0.05, 0.1) is 16.6 Å². The molecule has 2 aromatic rings. The van der Waals surface area contributed by atoms with Crippen molar-refractivity contribution in [3.05, 3.63) is 68.5 Å². The molecule has 1 heterocycles. The Morgan fingerprint density at radius 3 is 2.56 bits per heavy atom. The molecule has 1 aliphatic rings. The molecule has 2 N–H and O–H groups in total. The fourth-order valence-electron chi connectivity index (χ4n) is 3.10. The first-order chi connectivity index (χ1) is 12.8. The maximum absolute atomic E-state index is 13.7. The van der Waals surface area contributed by atoms with Crippen LogP contribution in [0.2, 0.25) is 5.02 Å². The number of nitrogen functional groups attached to an aromatic ring is 1. The summed E-state index contributed by atoms with van der Waals surface area (Å²) in [5.41, 5.74) is 5.71. The summed E-state index contributed by atoms with van der Waals surface area (Å²) in [4.78, 5) is 26.6. The number of hydrogen-bond donors (Lipinski definition) is 1. The summed E-state index contributed by atoms with van der Waals surface area (Å²) in [6.45, 7) is 2.79. The summed E-state index contributed by atoms with van der Waals surface area (Å²) in [5, 5.41) is 11.7. The standard InChI is InChI=1S/C18H18ClFN4O3/c19-13-3-1-2-12(8-13)11-22-4-6-23(7-5-22)18(25)15-9-14(20)10-16(17(15)21)24(26)27/h1-3,8-10H,4-7,11,21H2. The van der Waals surface area contributed by atoms with Crippen LogP contribution in [0.25, 0.3) is 0 Å². The average Bonchev–Trinajstić information content (AvgIpc) is 2.63. The van der Waals surface area contributed by atoms with Crippen LogP contribution in [-0.2, 0) is 6.54 Å². The SMILES string of the molecule is Nc1c(C(=O)N2CCN(Cc3cccc(Cl)c3)CC2)cc(F)cc1[N+](=O)[O-]. The van der Waals surface area contributed by atoms with E-state index in [4.69, 9.17) is 17.3 Å². The average molecular weight is 393 g/mol. The molecule has 27 heavy (non-hydrogen) atoms. The van der Waals surface area contributed by atoms with E-state index in [9.17, 15) is 19.3 Å². The third-order valence-corrected chi connectivity index (χ3v) is 4.74. The van der Waals surface area contributed by atoms with E-state index < -0.39 is 22.3 Å². The van der Waals surface area contributed by atoms with Crippen molar-refractivity contribution in [1.82, 2.24) is 9.80 Å². The molecule has 0 unspecified atom stereocenters. The number of amides is 1. The number of nitro groups is 1. The van der Waals surface area contributed by atoms with Crippen LogP contribution in [0, 0.1) is 15.9 Å². The van der Waals surface area contributed by atoms with Crippen molar-refractivity contribution >= 4 is 28.9 Å². The molecule has 0 aliphatic carbocycles. The zero-order valence-corrected chi connectivity index (χ0v) is 15.2. The van der Waals surface area contributed by atoms with Crippen LogP contribution in [0.15, 0.2) is 36.4 Å². The summed E-state index contributed by atoms with van der Waals surface area (Å²) in [5.74, 6) is -1.36. The second kappa shape index (κ2) is 7.89. The number of piperazine rings is 1. The molecule has 0 spiro atoms. The zero-order valence-electron chi connectivity index (χ0n) is 14.4. The molecule has 142 valence electrons. The van der Waals surface area contributed by atoms with Crippen LogP contribution in [0.3, 0.4) is 0 Å². The fourth-order valence-corrected chi connectivity index (χ4v) is 3.32. The van der Waals surface area contributed by atoms with E-state index >= 15 is 0 Å². The largest absolute Gasteiger partial charge is 0.393 e. The molecule has 1 fully saturated rings. The molecule has 2 aromatic carbocycles. The Kier molecular flexibility index (Phi) is 5.57. The van der Waals surface area contributed by atoms with E-state index in [-0.39, 0.29) is 11.3 Å². The van der Waals surface area contributed by atoms with Crippen LogP contribution < -0.4 is 5.73 Å². The second-order valence-corrected chi connectivity index (χ2v) is 6.78. The molecule has 3 rings (SSSR count). The third kappa shape index (κ3) is 4.35. The number of benzene rings is 2. The van der Waals surface area contributed by atoms with Crippen molar-refractivity contribution in [3.8, 4) is 0 Å². The first-order valence-corrected chi connectivity index (χ1v) is 8.72. The Balaban J connectivity index is 1.68. The van der Waals surface area contributed by atoms with Crippen LogP contribution in [0.5, 0.6) is 0 Å². The maximum atomic E-state index is 13.7. The molecule has 0 bridgehead atoms. The highest BCUT2D eigenvalue weighted by Gasteiger charge is 2.27. The van der Waals surface area contributed by atoms with Crippen molar-refractivity contribution in [2.75, 3.05) is 31.9 Å². The number of hydrogen-bond acceptors (Lipinski definition) is 5. The molecular weight excluding hydrogens is 375 g/mol. The monoisotopic (exact) mass is 392 g/mol. The topological polar surface area (TPSA) is 92.7 Å². The van der Waals surface area contributed by atoms with Gasteiger partial charge in [-0.05, 0) is 23.8 Å². The lowest BCUT2D eigenvalue weighted by atomic mass is 10.1. The molecular formula is C18H18ClFN4O3. The Hall–Kier alpha value is -2.71. The zero-order chi connectivity index (χ0) is 19.6. The lowest BCUT2D eigenvalue weighted by Gasteiger charge is -2.35. The number of anilines is 1. The van der Waals surface area contributed by atoms with Gasteiger partial charge in [0, 0.05) is 37.7 Å². The van der Waals surface area contributed by atoms with E-state index in [0.29, 0.717) is 37.7 Å². The molecule has 1 amide bonds. The number of nitrogens with zero attached hydrogens (tertiary/aromatic N) is 3. The smallest absolute Gasteiger partial charge is 0.295 e. The quantitative estimate of drug-likeness (QED) is 0.490. The van der Waals surface area contributed by atoms with E-state index in [1.165, 1.54) is 4.90 Å². The fraction of sp³-hybridized carbons (Fsp3) is 0.278. The summed E-state index contributed by atoms with van der Waals surface area (Å²) in [6.07, 6.45) is 0. The molecule has 9 heteroatoms. The molecule has 0 saturated carbocycles. The Morgan fingerprint density at radius 2 is 1.93 bits per heavy atom. The van der Waals surface area contributed by atoms with Gasteiger partial charge >= 0.3 is 0 Å². The normalized spacial score (nSPS) is 15.0. The highest BCUT2D eigenvalue weighted by molar-refractivity contribution is 6.30. The molecule has 1 aliphatic heterocycles. The Labute approximate surface area is 160 Å². The van der Waals surface area contributed by atoms with Crippen LogP contribution >= 0.6 is 11.6 Å². The molecule has 7 nitrogen and oxygen atoms in total. The van der Waals surface area contributed by atoms with Gasteiger partial charge in [0.25, 0.3) is 11.6 Å². The van der Waals surface area contributed by atoms with Crippen LogP contribution in [0.1, 0.15) is 15.9 Å². The van der Waals surface area contributed by atoms with Crippen molar-refractivity contribution in [2.24, 2.45) is 0 Å². The van der Waals surface area contributed by atoms with Gasteiger partial charge < -0.3 is 10.6 Å². The summed E-state index contributed by atoms with van der Waals surface area (Å²) < 4.78 is 13.7. The van der Waals surface area contributed by atoms with E-state index in [0.717, 1.165) is 17.7 Å². The predicted molar refractivity (Wildman–Crippen MR) is 100 cm³/mol. The van der Waals surface area contributed by atoms with E-state index in [1.807, 2.05) is 24.3 Å². The highest BCUT2D eigenvalue weighted by Crippen LogP contribution is 2.28. The lowest BCUT2D eigenvalue weighted by Crippen LogP contribution is -2.48. The minimum absolute atomic E-state index is 0.176. The minimum atomic E-state index is -0.862. The highest BCUT2D eigenvalue weighted by atomic mass is 35.5. The van der Waals surface area contributed by atoms with Gasteiger partial charge in [-0.25, -0.2) is 4.39 Å². The van der Waals surface area contributed by atoms with Crippen molar-refractivity contribution in [1.29, 1.82) is 0 Å². The lowest BCUT2D eigenvalue weighted by molar-refractivity contribution is -0.384.